The smallest absolute Gasteiger partial charge is 0.344 e. The van der Waals surface area contributed by atoms with Gasteiger partial charge in [-0.25, -0.2) is 19.2 Å². The summed E-state index contributed by atoms with van der Waals surface area (Å²) >= 11 is 19.8. The predicted octanol–water partition coefficient (Wildman–Crippen LogP) is 19.2. The van der Waals surface area contributed by atoms with E-state index in [1.165, 1.54) is 159 Å². The molecule has 8 aromatic rings. The van der Waals surface area contributed by atoms with E-state index in [-0.39, 0.29) is 52.2 Å². The van der Waals surface area contributed by atoms with Crippen molar-refractivity contribution < 1.29 is 33.4 Å². The number of piperidine rings is 4. The number of carbonyl (C=O) groups is 5. The number of morpholine rings is 2. The Morgan fingerprint density at radius 1 is 0.331 bits per heavy atom. The highest BCUT2D eigenvalue weighted by molar-refractivity contribution is 6.31. The summed E-state index contributed by atoms with van der Waals surface area (Å²) in [6.07, 6.45) is 31.8. The van der Waals surface area contributed by atoms with Crippen LogP contribution < -0.4 is 40.9 Å². The van der Waals surface area contributed by atoms with Crippen molar-refractivity contribution in [3.8, 4) is 0 Å². The number of ether oxygens (including phenoxy) is 2. The lowest BCUT2D eigenvalue weighted by molar-refractivity contribution is -0.128. The molecule has 0 aliphatic carbocycles. The number of rotatable bonds is 20. The summed E-state index contributed by atoms with van der Waals surface area (Å²) in [5.41, 5.74) is 15.5. The van der Waals surface area contributed by atoms with Gasteiger partial charge in [-0.3, -0.25) is 24.4 Å². The zero-order chi connectivity index (χ0) is 103. The number of nitrogens with one attached hydrogen (secondary N) is 4. The second-order valence-corrected chi connectivity index (χ2v) is 46.4. The number of likely N-dealkylation sites (tertiary alicyclic amines) is 9. The average molecular weight is 2080 g/mol. The number of carbonyl (C=O) groups excluding carboxylic acids is 5. The zero-order valence-corrected chi connectivity index (χ0v) is 89.9. The summed E-state index contributed by atoms with van der Waals surface area (Å²) in [5.74, 6) is 3.83. The molecule has 0 saturated carbocycles. The summed E-state index contributed by atoms with van der Waals surface area (Å²) in [6.45, 7) is 50.1. The number of hydrogen-bond acceptors (Lipinski definition) is 23. The summed E-state index contributed by atoms with van der Waals surface area (Å²) in [4.78, 5) is 94.7. The van der Waals surface area contributed by atoms with Crippen LogP contribution in [0.15, 0.2) is 171 Å². The Morgan fingerprint density at radius 3 is 0.905 bits per heavy atom. The third kappa shape index (κ3) is 23.4. The van der Waals surface area contributed by atoms with Gasteiger partial charge >= 0.3 is 24.1 Å². The molecule has 0 radical (unpaired) electrons. The molecular weight excluding hydrogens is 1930 g/mol. The zero-order valence-electron chi connectivity index (χ0n) is 87.7. The number of benzene rings is 4. The third-order valence-corrected chi connectivity index (χ3v) is 35.3. The highest BCUT2D eigenvalue weighted by atomic mass is 35.5. The number of anilines is 8. The van der Waals surface area contributed by atoms with Crippen LogP contribution in [0, 0.1) is 18.8 Å². The average Bonchev–Trinajstić information content (AvgIpc) is 1.58. The molecule has 15 saturated heterocycles. The van der Waals surface area contributed by atoms with Crippen molar-refractivity contribution in [1.82, 2.24) is 83.2 Å². The molecule has 148 heavy (non-hydrogen) atoms. The van der Waals surface area contributed by atoms with E-state index >= 15 is 0 Å². The molecule has 15 aliphatic rings. The van der Waals surface area contributed by atoms with Crippen molar-refractivity contribution in [2.75, 3.05) is 185 Å². The van der Waals surface area contributed by atoms with E-state index < -0.39 is 0 Å². The fraction of sp³-hybridized carbons (Fsp3) is 0.566. The largest absolute Gasteiger partial charge is 0.377 e. The lowest BCUT2D eigenvalue weighted by Gasteiger charge is -2.45. The van der Waals surface area contributed by atoms with Crippen LogP contribution >= 0.6 is 34.8 Å². The molecule has 4 bridgehead atoms. The van der Waals surface area contributed by atoms with E-state index in [0.29, 0.717) is 59.3 Å². The molecular formula is C113H152Cl3N25O7. The van der Waals surface area contributed by atoms with Gasteiger partial charge in [-0.2, -0.15) is 18.7 Å². The summed E-state index contributed by atoms with van der Waals surface area (Å²) in [5, 5.41) is 32.2. The lowest BCUT2D eigenvalue weighted by Crippen LogP contribution is -2.53. The lowest BCUT2D eigenvalue weighted by atomic mass is 9.84. The fourth-order valence-corrected chi connectivity index (χ4v) is 28.1. The number of halogens is 3. The van der Waals surface area contributed by atoms with Crippen molar-refractivity contribution in [3.63, 3.8) is 0 Å². The van der Waals surface area contributed by atoms with Crippen molar-refractivity contribution in [2.45, 2.75) is 255 Å². The maximum Gasteiger partial charge on any atom is 0.344 e. The van der Waals surface area contributed by atoms with Gasteiger partial charge < -0.3 is 74.8 Å². The number of allylic oxidation sites excluding steroid dienone is 4. The maximum atomic E-state index is 13.1. The van der Waals surface area contributed by atoms with E-state index in [4.69, 9.17) is 44.3 Å². The SMILES string of the molecule is C=C(C)Nc1ccn(C(=O)N2CCC3(CCCN3Cc3cc(C)cc(N4C5CCC4COC5)c3)CC2)n1.C=C(C)Nc1ccn(C(=O)N2CCC3(CCCN3Cc3cc(Cl)cc(N4C5CCC4COC5)c3)CC2)n1.C=C(C)Nc1ccn(C(=O)N2CCC3(CCCN3Cc3cc(Cl)cc(N4CC5CN(C(C)=O)CC5C4)c3)CC2)n1.C=C(C)Nc1ccn(C(=O)N2CCC3(CCCN3Cc3cc(Cl)cc(N4CCCC4)c3)CC2)n1. The Kier molecular flexibility index (Phi) is 31.6. The molecule has 4 aromatic heterocycles. The van der Waals surface area contributed by atoms with Crippen LogP contribution in [0.5, 0.6) is 0 Å². The topological polar surface area (TPSA) is 265 Å². The maximum absolute atomic E-state index is 13.1. The molecule has 6 unspecified atom stereocenters. The Bertz CT molecular complexity index is 5920. The Morgan fingerprint density at radius 2 is 0.608 bits per heavy atom. The second-order valence-electron chi connectivity index (χ2n) is 45.1. The normalized spacial score (nSPS) is 23.8. The number of fused-ring (bicyclic) bond motifs is 5. The van der Waals surface area contributed by atoms with E-state index in [1.54, 1.807) is 49.9 Å². The molecule has 792 valence electrons. The number of aryl methyl sites for hydroxylation is 1. The van der Waals surface area contributed by atoms with E-state index in [2.05, 4.69) is 187 Å². The van der Waals surface area contributed by atoms with Crippen LogP contribution in [-0.4, -0.2) is 304 Å². The molecule has 6 atom stereocenters. The molecule has 5 amide bonds. The Labute approximate surface area is 888 Å². The molecule has 15 fully saturated rings. The van der Waals surface area contributed by atoms with Crippen LogP contribution in [0.2, 0.25) is 15.1 Å². The first-order chi connectivity index (χ1) is 71.4. The first-order valence-electron chi connectivity index (χ1n) is 54.5. The quantitative estimate of drug-likeness (QED) is 0.0552. The van der Waals surface area contributed by atoms with E-state index in [9.17, 15) is 24.0 Å². The second kappa shape index (κ2) is 44.9. The molecule has 35 heteroatoms. The van der Waals surface area contributed by atoms with Crippen molar-refractivity contribution in [1.29, 1.82) is 0 Å². The highest BCUT2D eigenvalue weighted by Crippen LogP contribution is 2.48. The van der Waals surface area contributed by atoms with Crippen LogP contribution in [0.1, 0.15) is 204 Å². The Hall–Kier alpha value is -10.9. The van der Waals surface area contributed by atoms with Gasteiger partial charge in [-0.1, -0.05) is 67.2 Å². The number of amides is 5. The molecule has 4 spiro atoms. The van der Waals surface area contributed by atoms with Gasteiger partial charge in [0, 0.05) is 268 Å². The van der Waals surface area contributed by atoms with Gasteiger partial charge in [0.15, 0.2) is 23.3 Å². The summed E-state index contributed by atoms with van der Waals surface area (Å²) in [7, 11) is 0. The van der Waals surface area contributed by atoms with Gasteiger partial charge in [0.05, 0.1) is 50.6 Å². The van der Waals surface area contributed by atoms with Gasteiger partial charge in [0.1, 0.15) is 0 Å². The minimum absolute atomic E-state index is 0.0439. The molecule has 23 rings (SSSR count). The van der Waals surface area contributed by atoms with Gasteiger partial charge in [-0.15, -0.1) is 20.4 Å². The van der Waals surface area contributed by atoms with Gasteiger partial charge in [0.2, 0.25) is 5.91 Å². The number of nitrogens with zero attached hydrogens (tertiary/aromatic N) is 21. The predicted molar refractivity (Wildman–Crippen MR) is 587 cm³/mol. The van der Waals surface area contributed by atoms with Gasteiger partial charge in [-0.05, 0) is 297 Å². The van der Waals surface area contributed by atoms with Crippen LogP contribution in [-0.2, 0) is 40.4 Å². The van der Waals surface area contributed by atoms with Crippen molar-refractivity contribution in [2.24, 2.45) is 11.8 Å². The Balaban J connectivity index is 0.000000120. The van der Waals surface area contributed by atoms with E-state index in [0.717, 1.165) is 260 Å². The highest BCUT2D eigenvalue weighted by Gasteiger charge is 2.51. The van der Waals surface area contributed by atoms with Crippen molar-refractivity contribution >= 4 is 111 Å². The monoisotopic (exact) mass is 2080 g/mol. The minimum Gasteiger partial charge on any atom is -0.377 e. The molecule has 15 aliphatic heterocycles. The molecule has 19 heterocycles. The standard InChI is InChI=1S/C30H40ClN7O2.C29H40N6O2.C28H37ClN6O2.C26H35ClN6O/c1-21(2)32-28-5-10-38(33-28)29(40)34-11-7-30(8-12-34)6-4-9-37(30)16-23-13-26(31)15-27(14-23)36-19-24-17-35(22(3)39)18-25(24)20-36;1-21(2)30-27-7-12-34(31-27)28(36)32-13-9-29(10-14-32)8-4-11-33(29)18-23-15-22(3)16-26(17-23)35-24-5-6-25(35)20-37-19-24;1-20(2)30-26-6-11-34(31-26)27(36)32-12-8-28(9-13-32)7-3-10-33(28)17-21-14-22(29)16-25(15-21)35-23-4-5-24(35)19-37-18-23;1-20(2)28-24-6-13-33(29-24)25(34)31-14-8-26(9-15-31)7-5-12-32(26)19-21-16-22(27)18-23(17-21)30-10-3-4-11-30/h5,10,13-15,24-25H,1,4,6-9,11-12,16-20H2,2-3H3,(H,32,33);7,12,15-17,24-25H,1,4-6,8-11,13-14,18-20H2,2-3H3,(H,30,31);6,11,14-16,23-24H,1,3-5,7-10,12-13,17-19H2,2H3,(H,30,31);6,13,16-18H,1,3-5,7-12,14-15,19H2,2H3,(H,28,29). The fourth-order valence-electron chi connectivity index (χ4n) is 27.3. The van der Waals surface area contributed by atoms with Crippen LogP contribution in [0.3, 0.4) is 0 Å². The first-order valence-corrected chi connectivity index (χ1v) is 55.6. The summed E-state index contributed by atoms with van der Waals surface area (Å²) < 4.78 is 17.4. The first kappa shape index (κ1) is 104. The third-order valence-electron chi connectivity index (χ3n) is 34.6. The van der Waals surface area contributed by atoms with E-state index in [1.807, 2.05) is 58.3 Å². The molecule has 32 nitrogen and oxygen atoms in total. The molecule has 4 aromatic carbocycles. The van der Waals surface area contributed by atoms with Gasteiger partial charge in [0.25, 0.3) is 0 Å². The minimum atomic E-state index is -0.0737. The van der Waals surface area contributed by atoms with Crippen LogP contribution in [0.25, 0.3) is 0 Å². The van der Waals surface area contributed by atoms with Crippen molar-refractivity contribution in [3.05, 3.63) is 214 Å². The number of aromatic nitrogens is 8. The molecule has 4 N–H and O–H groups in total. The summed E-state index contributed by atoms with van der Waals surface area (Å²) in [6, 6.07) is 35.8. The van der Waals surface area contributed by atoms with Crippen LogP contribution in [0.4, 0.5) is 65.2 Å². The number of hydrogen-bond donors (Lipinski definition) is 4.